The molecule has 0 unspecified atom stereocenters. The number of ether oxygens (including phenoxy) is 2. The van der Waals surface area contributed by atoms with Gasteiger partial charge in [-0.15, -0.1) is 17.5 Å². The summed E-state index contributed by atoms with van der Waals surface area (Å²) in [6.07, 6.45) is 3.09. The van der Waals surface area contributed by atoms with Gasteiger partial charge in [0.2, 0.25) is 0 Å². The Bertz CT molecular complexity index is 1400. The van der Waals surface area contributed by atoms with Gasteiger partial charge in [-0.25, -0.2) is 4.98 Å². The Morgan fingerprint density at radius 2 is 1.55 bits per heavy atom. The number of pyridine rings is 1. The number of hydrogen-bond acceptors (Lipinski definition) is 9. The van der Waals surface area contributed by atoms with Crippen molar-refractivity contribution in [1.29, 1.82) is 0 Å². The van der Waals surface area contributed by atoms with Crippen LogP contribution in [0.25, 0.3) is 6.08 Å². The Hall–Kier alpha value is -4.89. The number of methoxy groups -OCH3 is 2. The Kier molecular flexibility index (Phi) is 11.3. The summed E-state index contributed by atoms with van der Waals surface area (Å²) in [5, 5.41) is 18.0. The first-order chi connectivity index (χ1) is 17.9. The first-order valence-corrected chi connectivity index (χ1v) is 11.1. The number of carbonyl (C=O) groups excluding carboxylic acids is 1. The first kappa shape index (κ1) is 29.3. The van der Waals surface area contributed by atoms with Gasteiger partial charge in [-0.05, 0) is 35.9 Å². The molecule has 0 atom stereocenters. The van der Waals surface area contributed by atoms with Crippen molar-refractivity contribution in [2.24, 2.45) is 10.2 Å². The van der Waals surface area contributed by atoms with Crippen LogP contribution in [-0.2, 0) is 0 Å². The number of hydrogen-bond donors (Lipinski definition) is 3. The minimum Gasteiger partial charge on any atom is -0.507 e. The number of carbonyl (C=O) groups is 1. The first-order valence-electron chi connectivity index (χ1n) is 11.1. The summed E-state index contributed by atoms with van der Waals surface area (Å²) in [5.41, 5.74) is 13.4. The molecule has 0 aliphatic carbocycles. The van der Waals surface area contributed by atoms with Gasteiger partial charge in [0.1, 0.15) is 34.3 Å². The zero-order valence-electron chi connectivity index (χ0n) is 20.8. The second-order valence-electron chi connectivity index (χ2n) is 7.51. The van der Waals surface area contributed by atoms with Crippen LogP contribution in [0.2, 0.25) is 0 Å². The standard InChI is InChI=1S/C17H16O4.C11H11N5.ClH/c1-20-13-10-15(19)17(16(11-13)21-2)14(18)9-8-12-6-4-3-5-7-12;12-10-7-6-9(11(13)14-10)16-15-8-4-2-1-3-5-8;/h3-11,19H,1-2H3;1-7H,(H4,12,13,14);1H. The molecule has 0 fully saturated rings. The second kappa shape index (κ2) is 14.6. The zero-order valence-corrected chi connectivity index (χ0v) is 21.6. The van der Waals surface area contributed by atoms with Crippen LogP contribution in [0.1, 0.15) is 15.9 Å². The van der Waals surface area contributed by atoms with Crippen molar-refractivity contribution in [3.05, 3.63) is 102 Å². The predicted octanol–water partition coefficient (Wildman–Crippen LogP) is 6.39. The Labute approximate surface area is 226 Å². The number of halogens is 1. The van der Waals surface area contributed by atoms with Crippen molar-refractivity contribution in [3.63, 3.8) is 0 Å². The molecule has 0 saturated heterocycles. The minimum atomic E-state index is -0.337. The van der Waals surface area contributed by atoms with Crippen LogP contribution in [0.3, 0.4) is 0 Å². The molecule has 0 bridgehead atoms. The van der Waals surface area contributed by atoms with Gasteiger partial charge in [0.15, 0.2) is 11.6 Å². The van der Waals surface area contributed by atoms with E-state index in [1.54, 1.807) is 24.3 Å². The monoisotopic (exact) mass is 533 g/mol. The lowest BCUT2D eigenvalue weighted by atomic mass is 10.1. The smallest absolute Gasteiger partial charge is 0.193 e. The van der Waals surface area contributed by atoms with Crippen molar-refractivity contribution >= 4 is 47.3 Å². The molecule has 4 rings (SSSR count). The molecule has 0 radical (unpaired) electrons. The number of nitrogen functional groups attached to an aromatic ring is 2. The molecule has 0 spiro atoms. The molecule has 38 heavy (non-hydrogen) atoms. The Morgan fingerprint density at radius 1 is 0.895 bits per heavy atom. The predicted molar refractivity (Wildman–Crippen MR) is 152 cm³/mol. The molecule has 0 amide bonds. The maximum Gasteiger partial charge on any atom is 0.193 e. The van der Waals surface area contributed by atoms with Crippen LogP contribution in [0.4, 0.5) is 23.0 Å². The summed E-state index contributed by atoms with van der Waals surface area (Å²) in [4.78, 5) is 16.1. The number of aromatic hydroxyl groups is 1. The van der Waals surface area contributed by atoms with Gasteiger partial charge in [-0.3, -0.25) is 4.79 Å². The molecule has 5 N–H and O–H groups in total. The average molecular weight is 534 g/mol. The van der Waals surface area contributed by atoms with Gasteiger partial charge >= 0.3 is 0 Å². The fourth-order valence-corrected chi connectivity index (χ4v) is 3.10. The van der Waals surface area contributed by atoms with E-state index >= 15 is 0 Å². The molecular weight excluding hydrogens is 506 g/mol. The molecule has 1 aromatic heterocycles. The van der Waals surface area contributed by atoms with Gasteiger partial charge in [-0.2, -0.15) is 5.11 Å². The molecule has 9 nitrogen and oxygen atoms in total. The number of allylic oxidation sites excluding steroid dienone is 1. The number of nitrogens with zero attached hydrogens (tertiary/aromatic N) is 3. The molecule has 196 valence electrons. The molecule has 0 aliphatic heterocycles. The fourth-order valence-electron chi connectivity index (χ4n) is 3.10. The summed E-state index contributed by atoms with van der Waals surface area (Å²) in [6, 6.07) is 25.1. The highest BCUT2D eigenvalue weighted by atomic mass is 35.5. The lowest BCUT2D eigenvalue weighted by Gasteiger charge is -2.10. The van der Waals surface area contributed by atoms with Gasteiger partial charge in [-0.1, -0.05) is 54.6 Å². The Morgan fingerprint density at radius 3 is 2.16 bits per heavy atom. The Balaban J connectivity index is 0.000000269. The number of rotatable bonds is 7. The summed E-state index contributed by atoms with van der Waals surface area (Å²) in [7, 11) is 2.91. The van der Waals surface area contributed by atoms with Crippen molar-refractivity contribution in [3.8, 4) is 17.2 Å². The third-order valence-corrected chi connectivity index (χ3v) is 4.94. The number of nitrogens with two attached hydrogens (primary N) is 2. The third kappa shape index (κ3) is 8.35. The largest absolute Gasteiger partial charge is 0.507 e. The fraction of sp³-hybridized carbons (Fsp3) is 0.0714. The number of phenols is 1. The van der Waals surface area contributed by atoms with Crippen LogP contribution in [-0.4, -0.2) is 30.1 Å². The average Bonchev–Trinajstić information content (AvgIpc) is 2.92. The summed E-state index contributed by atoms with van der Waals surface area (Å²) >= 11 is 0. The molecule has 4 aromatic rings. The molecule has 0 aliphatic rings. The van der Waals surface area contributed by atoms with E-state index in [2.05, 4.69) is 15.2 Å². The van der Waals surface area contributed by atoms with Crippen LogP contribution in [0.15, 0.2) is 101 Å². The van der Waals surface area contributed by atoms with E-state index < -0.39 is 0 Å². The van der Waals surface area contributed by atoms with E-state index in [1.165, 1.54) is 26.4 Å². The van der Waals surface area contributed by atoms with Gasteiger partial charge in [0.25, 0.3) is 0 Å². The van der Waals surface area contributed by atoms with E-state index in [9.17, 15) is 9.90 Å². The molecule has 10 heteroatoms. The van der Waals surface area contributed by atoms with Crippen LogP contribution >= 0.6 is 12.4 Å². The highest BCUT2D eigenvalue weighted by molar-refractivity contribution is 6.10. The van der Waals surface area contributed by atoms with E-state index in [4.69, 9.17) is 20.9 Å². The topological polar surface area (TPSA) is 145 Å². The third-order valence-electron chi connectivity index (χ3n) is 4.94. The zero-order chi connectivity index (χ0) is 26.6. The number of phenolic OH excluding ortho intramolecular Hbond substituents is 1. The number of benzene rings is 3. The molecular formula is C28H28ClN5O4. The SMILES string of the molecule is COc1cc(O)c(C(=O)C=Cc2ccccc2)c(OC)c1.Cl.Nc1ccc(N=Nc2ccccc2)c(N)n1. The van der Waals surface area contributed by atoms with Gasteiger partial charge in [0, 0.05) is 12.1 Å². The maximum absolute atomic E-state index is 12.3. The van der Waals surface area contributed by atoms with E-state index in [0.29, 0.717) is 17.3 Å². The van der Waals surface area contributed by atoms with E-state index in [0.717, 1.165) is 11.3 Å². The summed E-state index contributed by atoms with van der Waals surface area (Å²) < 4.78 is 10.2. The van der Waals surface area contributed by atoms with Gasteiger partial charge < -0.3 is 26.0 Å². The van der Waals surface area contributed by atoms with Crippen LogP contribution in [0, 0.1) is 0 Å². The number of anilines is 2. The van der Waals surface area contributed by atoms with E-state index in [-0.39, 0.29) is 41.1 Å². The summed E-state index contributed by atoms with van der Waals surface area (Å²) in [6.45, 7) is 0. The highest BCUT2D eigenvalue weighted by Crippen LogP contribution is 2.34. The molecule has 0 saturated carbocycles. The van der Waals surface area contributed by atoms with E-state index in [1.807, 2.05) is 60.7 Å². The van der Waals surface area contributed by atoms with Crippen molar-refractivity contribution in [2.75, 3.05) is 25.7 Å². The van der Waals surface area contributed by atoms with Crippen LogP contribution < -0.4 is 20.9 Å². The normalized spacial score (nSPS) is 10.4. The van der Waals surface area contributed by atoms with Gasteiger partial charge in [0.05, 0.1) is 19.9 Å². The van der Waals surface area contributed by atoms with Crippen molar-refractivity contribution in [1.82, 2.24) is 4.98 Å². The quantitative estimate of drug-likeness (QED) is 0.142. The summed E-state index contributed by atoms with van der Waals surface area (Å²) in [5.74, 6) is 0.836. The highest BCUT2D eigenvalue weighted by Gasteiger charge is 2.17. The lowest BCUT2D eigenvalue weighted by molar-refractivity contribution is 0.104. The minimum absolute atomic E-state index is 0. The number of azo groups is 1. The molecule has 3 aromatic carbocycles. The van der Waals surface area contributed by atoms with Crippen molar-refractivity contribution in [2.45, 2.75) is 0 Å². The molecule has 1 heterocycles. The second-order valence-corrected chi connectivity index (χ2v) is 7.51. The number of ketones is 1. The van der Waals surface area contributed by atoms with Crippen LogP contribution in [0.5, 0.6) is 17.2 Å². The number of aromatic nitrogens is 1. The maximum atomic E-state index is 12.3. The lowest BCUT2D eigenvalue weighted by Crippen LogP contribution is -2.00. The van der Waals surface area contributed by atoms with Crippen molar-refractivity contribution < 1.29 is 19.4 Å².